The van der Waals surface area contributed by atoms with Crippen molar-refractivity contribution in [3.63, 3.8) is 0 Å². The molecule has 0 fully saturated rings. The topological polar surface area (TPSA) is 39.1 Å². The number of pyridine rings is 1. The average molecular weight is 350 g/mol. The lowest BCUT2D eigenvalue weighted by Crippen LogP contribution is -2.28. The second kappa shape index (κ2) is 5.56. The number of fused-ring (bicyclic) bond motifs is 1. The standard InChI is InChI=1S/C16H13BrFNO2/c17-12-8-10(4-6-13(12)18)9-19-14-2-1-3-15(20)11(14)5-7-16(19)21/h4-8H,1-3,9H2. The van der Waals surface area contributed by atoms with Crippen LogP contribution >= 0.6 is 15.9 Å². The summed E-state index contributed by atoms with van der Waals surface area (Å²) in [5, 5.41) is 0. The Bertz CT molecular complexity index is 782. The van der Waals surface area contributed by atoms with Gasteiger partial charge in [0.25, 0.3) is 5.56 Å². The van der Waals surface area contributed by atoms with Gasteiger partial charge in [-0.2, -0.15) is 0 Å². The van der Waals surface area contributed by atoms with Crippen LogP contribution in [0.4, 0.5) is 4.39 Å². The summed E-state index contributed by atoms with van der Waals surface area (Å²) >= 11 is 3.15. The van der Waals surface area contributed by atoms with Crippen molar-refractivity contribution in [2.24, 2.45) is 0 Å². The van der Waals surface area contributed by atoms with E-state index < -0.39 is 0 Å². The highest BCUT2D eigenvalue weighted by molar-refractivity contribution is 9.10. The van der Waals surface area contributed by atoms with E-state index in [1.165, 1.54) is 12.1 Å². The first-order valence-corrected chi connectivity index (χ1v) is 7.55. The third-order valence-electron chi connectivity index (χ3n) is 3.74. The molecule has 0 bridgehead atoms. The van der Waals surface area contributed by atoms with Crippen LogP contribution in [0.5, 0.6) is 0 Å². The fraction of sp³-hybridized carbons (Fsp3) is 0.250. The van der Waals surface area contributed by atoms with Crippen LogP contribution in [0.3, 0.4) is 0 Å². The van der Waals surface area contributed by atoms with Crippen LogP contribution in [0.2, 0.25) is 0 Å². The Labute approximate surface area is 129 Å². The van der Waals surface area contributed by atoms with Gasteiger partial charge in [-0.3, -0.25) is 9.59 Å². The molecule has 0 spiro atoms. The summed E-state index contributed by atoms with van der Waals surface area (Å²) in [6, 6.07) is 7.73. The molecule has 0 unspecified atom stereocenters. The Balaban J connectivity index is 2.06. The van der Waals surface area contributed by atoms with Crippen LogP contribution in [0, 0.1) is 5.82 Å². The molecule has 1 aliphatic rings. The maximum atomic E-state index is 13.3. The van der Waals surface area contributed by atoms with Crippen molar-refractivity contribution in [2.45, 2.75) is 25.8 Å². The summed E-state index contributed by atoms with van der Waals surface area (Å²) in [4.78, 5) is 24.0. The summed E-state index contributed by atoms with van der Waals surface area (Å²) in [6.45, 7) is 0.341. The van der Waals surface area contributed by atoms with Crippen molar-refractivity contribution in [1.82, 2.24) is 4.57 Å². The van der Waals surface area contributed by atoms with E-state index in [0.717, 1.165) is 24.1 Å². The Kier molecular flexibility index (Phi) is 3.76. The number of Topliss-reactive ketones (excluding diaryl/α,β-unsaturated/α-hetero) is 1. The van der Waals surface area contributed by atoms with Gasteiger partial charge in [-0.25, -0.2) is 4.39 Å². The molecule has 0 saturated carbocycles. The maximum absolute atomic E-state index is 13.3. The lowest BCUT2D eigenvalue weighted by molar-refractivity contribution is 0.0970. The predicted molar refractivity (Wildman–Crippen MR) is 81.2 cm³/mol. The van der Waals surface area contributed by atoms with Gasteiger partial charge >= 0.3 is 0 Å². The van der Waals surface area contributed by atoms with Crippen LogP contribution in [-0.4, -0.2) is 10.4 Å². The predicted octanol–water partition coefficient (Wildman–Crippen LogP) is 3.32. The molecule has 1 aliphatic carbocycles. The molecule has 5 heteroatoms. The maximum Gasteiger partial charge on any atom is 0.251 e. The number of benzene rings is 1. The highest BCUT2D eigenvalue weighted by Crippen LogP contribution is 2.22. The Morgan fingerprint density at radius 1 is 1.14 bits per heavy atom. The molecule has 1 aromatic heterocycles. The second-order valence-corrected chi connectivity index (χ2v) is 6.00. The molecule has 2 aromatic rings. The fourth-order valence-electron chi connectivity index (χ4n) is 2.69. The summed E-state index contributed by atoms with van der Waals surface area (Å²) in [6.07, 6.45) is 2.02. The lowest BCUT2D eigenvalue weighted by atomic mass is 9.94. The van der Waals surface area contributed by atoms with Crippen LogP contribution in [-0.2, 0) is 13.0 Å². The van der Waals surface area contributed by atoms with E-state index in [9.17, 15) is 14.0 Å². The number of halogens is 2. The van der Waals surface area contributed by atoms with Gasteiger partial charge in [-0.05, 0) is 52.5 Å². The molecule has 0 N–H and O–H groups in total. The minimum Gasteiger partial charge on any atom is -0.308 e. The van der Waals surface area contributed by atoms with Gasteiger partial charge in [0.1, 0.15) is 5.82 Å². The normalized spacial score (nSPS) is 14.1. The number of aromatic nitrogens is 1. The molecule has 0 saturated heterocycles. The number of ketones is 1. The van der Waals surface area contributed by atoms with Crippen LogP contribution in [0.15, 0.2) is 39.6 Å². The monoisotopic (exact) mass is 349 g/mol. The molecule has 0 amide bonds. The van der Waals surface area contributed by atoms with Gasteiger partial charge in [0.05, 0.1) is 11.0 Å². The first-order chi connectivity index (χ1) is 10.1. The van der Waals surface area contributed by atoms with Crippen molar-refractivity contribution in [1.29, 1.82) is 0 Å². The summed E-state index contributed by atoms with van der Waals surface area (Å²) in [7, 11) is 0. The van der Waals surface area contributed by atoms with E-state index in [-0.39, 0.29) is 17.2 Å². The smallest absolute Gasteiger partial charge is 0.251 e. The van der Waals surface area contributed by atoms with Crippen molar-refractivity contribution in [2.75, 3.05) is 0 Å². The largest absolute Gasteiger partial charge is 0.308 e. The molecule has 0 atom stereocenters. The molecule has 1 aromatic carbocycles. The first-order valence-electron chi connectivity index (χ1n) is 6.76. The van der Waals surface area contributed by atoms with Gasteiger partial charge < -0.3 is 4.57 Å². The van der Waals surface area contributed by atoms with Gasteiger partial charge in [0, 0.05) is 23.7 Å². The molecule has 3 nitrogen and oxygen atoms in total. The molecule has 0 radical (unpaired) electrons. The molecule has 108 valence electrons. The lowest BCUT2D eigenvalue weighted by Gasteiger charge is -2.20. The molecule has 1 heterocycles. The summed E-state index contributed by atoms with van der Waals surface area (Å²) in [5.41, 5.74) is 2.11. The van der Waals surface area contributed by atoms with Gasteiger partial charge in [-0.15, -0.1) is 0 Å². The van der Waals surface area contributed by atoms with E-state index in [2.05, 4.69) is 15.9 Å². The minimum absolute atomic E-state index is 0.0882. The highest BCUT2D eigenvalue weighted by Gasteiger charge is 2.20. The van der Waals surface area contributed by atoms with Crippen LogP contribution < -0.4 is 5.56 Å². The van der Waals surface area contributed by atoms with Crippen molar-refractivity contribution >= 4 is 21.7 Å². The zero-order valence-electron chi connectivity index (χ0n) is 11.2. The molecule has 0 aliphatic heterocycles. The van der Waals surface area contributed by atoms with Gasteiger partial charge in [-0.1, -0.05) is 6.07 Å². The molecule has 3 rings (SSSR count). The van der Waals surface area contributed by atoms with Gasteiger partial charge in [0.15, 0.2) is 5.78 Å². The Morgan fingerprint density at radius 3 is 2.71 bits per heavy atom. The van der Waals surface area contributed by atoms with E-state index in [4.69, 9.17) is 0 Å². The second-order valence-electron chi connectivity index (χ2n) is 5.14. The van der Waals surface area contributed by atoms with E-state index in [1.54, 1.807) is 22.8 Å². The third kappa shape index (κ3) is 2.70. The number of carbonyl (C=O) groups is 1. The van der Waals surface area contributed by atoms with E-state index in [1.807, 2.05) is 0 Å². The number of carbonyl (C=O) groups excluding carboxylic acids is 1. The van der Waals surface area contributed by atoms with Crippen molar-refractivity contribution in [3.8, 4) is 0 Å². The number of hydrogen-bond acceptors (Lipinski definition) is 2. The average Bonchev–Trinajstić information content (AvgIpc) is 2.46. The quantitative estimate of drug-likeness (QED) is 0.834. The summed E-state index contributed by atoms with van der Waals surface area (Å²) < 4.78 is 15.3. The Morgan fingerprint density at radius 2 is 1.95 bits per heavy atom. The molecular formula is C16H13BrFNO2. The minimum atomic E-state index is -0.337. The fourth-order valence-corrected chi connectivity index (χ4v) is 3.11. The first kappa shape index (κ1) is 14.2. The summed E-state index contributed by atoms with van der Waals surface area (Å²) in [5.74, 6) is -0.248. The van der Waals surface area contributed by atoms with Gasteiger partial charge in [0.2, 0.25) is 0 Å². The number of nitrogens with zero attached hydrogens (tertiary/aromatic N) is 1. The Hall–Kier alpha value is -1.75. The van der Waals surface area contributed by atoms with Crippen LogP contribution in [0.25, 0.3) is 0 Å². The number of rotatable bonds is 2. The van der Waals surface area contributed by atoms with E-state index in [0.29, 0.717) is 23.0 Å². The highest BCUT2D eigenvalue weighted by atomic mass is 79.9. The van der Waals surface area contributed by atoms with Crippen molar-refractivity contribution in [3.05, 3.63) is 67.8 Å². The zero-order valence-corrected chi connectivity index (χ0v) is 12.8. The van der Waals surface area contributed by atoms with Crippen molar-refractivity contribution < 1.29 is 9.18 Å². The molecular weight excluding hydrogens is 337 g/mol. The number of hydrogen-bond donors (Lipinski definition) is 0. The van der Waals surface area contributed by atoms with E-state index >= 15 is 0 Å². The molecule has 21 heavy (non-hydrogen) atoms. The SMILES string of the molecule is O=C1CCCc2c1ccc(=O)n2Cc1ccc(F)c(Br)c1. The van der Waals surface area contributed by atoms with Crippen LogP contribution in [0.1, 0.15) is 34.5 Å². The zero-order chi connectivity index (χ0) is 15.0. The third-order valence-corrected chi connectivity index (χ3v) is 4.35.